The Morgan fingerprint density at radius 3 is 2.79 bits per heavy atom. The first-order chi connectivity index (χ1) is 11.6. The lowest BCUT2D eigenvalue weighted by Crippen LogP contribution is -2.43. The minimum absolute atomic E-state index is 0.0305. The molecular weight excluding hydrogens is 306 g/mol. The molecule has 0 spiro atoms. The van der Waals surface area contributed by atoms with Gasteiger partial charge in [0.2, 0.25) is 5.91 Å². The molecule has 2 aliphatic heterocycles. The molecule has 7 heteroatoms. The predicted molar refractivity (Wildman–Crippen MR) is 92.4 cm³/mol. The van der Waals surface area contributed by atoms with Gasteiger partial charge in [-0.3, -0.25) is 10.2 Å². The quantitative estimate of drug-likeness (QED) is 0.725. The number of amides is 1. The van der Waals surface area contributed by atoms with Gasteiger partial charge in [-0.25, -0.2) is 10.4 Å². The molecule has 0 aromatic carbocycles. The van der Waals surface area contributed by atoms with Crippen molar-refractivity contribution in [1.82, 2.24) is 21.2 Å². The zero-order valence-corrected chi connectivity index (χ0v) is 14.4. The van der Waals surface area contributed by atoms with Crippen molar-refractivity contribution in [2.24, 2.45) is 5.92 Å². The largest absolute Gasteiger partial charge is 0.378 e. The third kappa shape index (κ3) is 4.23. The molecule has 1 aromatic heterocycles. The normalized spacial score (nSPS) is 24.4. The first-order valence-corrected chi connectivity index (χ1v) is 8.70. The second-order valence-electron chi connectivity index (χ2n) is 6.77. The van der Waals surface area contributed by atoms with Crippen molar-refractivity contribution in [2.45, 2.75) is 38.9 Å². The molecule has 7 nitrogen and oxygen atoms in total. The van der Waals surface area contributed by atoms with Crippen molar-refractivity contribution >= 4 is 11.7 Å². The Bertz CT molecular complexity index is 542. The summed E-state index contributed by atoms with van der Waals surface area (Å²) in [6.07, 6.45) is 2.65. The van der Waals surface area contributed by atoms with E-state index < -0.39 is 0 Å². The Balaban J connectivity index is 1.47. The molecule has 132 valence electrons. The van der Waals surface area contributed by atoms with Gasteiger partial charge in [-0.15, -0.1) is 0 Å². The summed E-state index contributed by atoms with van der Waals surface area (Å²) in [6, 6.07) is 4.21. The van der Waals surface area contributed by atoms with Crippen LogP contribution in [0.4, 0.5) is 5.82 Å². The van der Waals surface area contributed by atoms with Crippen LogP contribution in [0.2, 0.25) is 0 Å². The summed E-state index contributed by atoms with van der Waals surface area (Å²) in [5.41, 5.74) is 7.28. The van der Waals surface area contributed by atoms with E-state index in [1.807, 2.05) is 18.3 Å². The number of pyridine rings is 1. The van der Waals surface area contributed by atoms with Gasteiger partial charge in [0.05, 0.1) is 13.2 Å². The fourth-order valence-electron chi connectivity index (χ4n) is 3.00. The molecule has 0 saturated carbocycles. The smallest absolute Gasteiger partial charge is 0.238 e. The molecule has 2 fully saturated rings. The number of nitrogens with one attached hydrogen (secondary N) is 3. The van der Waals surface area contributed by atoms with Crippen LogP contribution in [0.5, 0.6) is 0 Å². The van der Waals surface area contributed by atoms with Gasteiger partial charge in [-0.2, -0.15) is 0 Å². The minimum Gasteiger partial charge on any atom is -0.378 e. The summed E-state index contributed by atoms with van der Waals surface area (Å²) >= 11 is 0. The van der Waals surface area contributed by atoms with Gasteiger partial charge >= 0.3 is 0 Å². The molecule has 0 aliphatic carbocycles. The number of nitrogens with zero attached hydrogens (tertiary/aromatic N) is 2. The second-order valence-corrected chi connectivity index (χ2v) is 6.77. The summed E-state index contributed by atoms with van der Waals surface area (Å²) in [5, 5.41) is 2.98. The molecule has 0 bridgehead atoms. The molecule has 3 rings (SSSR count). The monoisotopic (exact) mass is 333 g/mol. The molecule has 2 atom stereocenters. The molecule has 0 radical (unpaired) electrons. The maximum atomic E-state index is 12.2. The minimum atomic E-state index is -0.169. The van der Waals surface area contributed by atoms with Crippen LogP contribution in [-0.4, -0.2) is 49.3 Å². The molecule has 24 heavy (non-hydrogen) atoms. The van der Waals surface area contributed by atoms with E-state index in [2.05, 4.69) is 39.9 Å². The average Bonchev–Trinajstić information content (AvgIpc) is 3.11. The van der Waals surface area contributed by atoms with Crippen LogP contribution in [0.15, 0.2) is 18.3 Å². The molecule has 1 aromatic rings. The molecule has 2 aliphatic rings. The highest BCUT2D eigenvalue weighted by atomic mass is 16.5. The first-order valence-electron chi connectivity index (χ1n) is 8.70. The molecule has 3 N–H and O–H groups in total. The molecular formula is C17H27N5O2. The van der Waals surface area contributed by atoms with E-state index >= 15 is 0 Å². The van der Waals surface area contributed by atoms with Gasteiger partial charge < -0.3 is 15.0 Å². The highest BCUT2D eigenvalue weighted by molar-refractivity contribution is 5.82. The Hall–Kier alpha value is -1.70. The van der Waals surface area contributed by atoms with E-state index in [9.17, 15) is 4.79 Å². The van der Waals surface area contributed by atoms with Crippen LogP contribution in [0.1, 0.15) is 25.8 Å². The first kappa shape index (κ1) is 17.1. The van der Waals surface area contributed by atoms with E-state index in [0.717, 1.165) is 44.1 Å². The van der Waals surface area contributed by atoms with Gasteiger partial charge in [0.25, 0.3) is 0 Å². The zero-order chi connectivity index (χ0) is 16.9. The number of hydrogen-bond acceptors (Lipinski definition) is 6. The Morgan fingerprint density at radius 1 is 1.38 bits per heavy atom. The van der Waals surface area contributed by atoms with Gasteiger partial charge in [-0.1, -0.05) is 19.9 Å². The summed E-state index contributed by atoms with van der Waals surface area (Å²) in [5.74, 6) is 1.50. The average molecular weight is 333 g/mol. The van der Waals surface area contributed by atoms with Crippen LogP contribution < -0.4 is 21.1 Å². The molecule has 2 unspecified atom stereocenters. The number of anilines is 1. The summed E-state index contributed by atoms with van der Waals surface area (Å²) < 4.78 is 5.35. The number of hydrazine groups is 1. The predicted octanol–water partition coefficient (Wildman–Crippen LogP) is 0.426. The van der Waals surface area contributed by atoms with Crippen molar-refractivity contribution in [2.75, 3.05) is 31.2 Å². The van der Waals surface area contributed by atoms with E-state index in [4.69, 9.17) is 4.74 Å². The Morgan fingerprint density at radius 2 is 2.17 bits per heavy atom. The summed E-state index contributed by atoms with van der Waals surface area (Å²) in [6.45, 7) is 8.06. The van der Waals surface area contributed by atoms with Gasteiger partial charge in [-0.05, 0) is 24.0 Å². The van der Waals surface area contributed by atoms with E-state index in [0.29, 0.717) is 18.5 Å². The third-order valence-corrected chi connectivity index (χ3v) is 4.66. The number of morpholine rings is 1. The lowest BCUT2D eigenvalue weighted by Gasteiger charge is -2.27. The Labute approximate surface area is 143 Å². The van der Waals surface area contributed by atoms with Crippen LogP contribution >= 0.6 is 0 Å². The van der Waals surface area contributed by atoms with Crippen molar-refractivity contribution in [3.8, 4) is 0 Å². The third-order valence-electron chi connectivity index (χ3n) is 4.66. The summed E-state index contributed by atoms with van der Waals surface area (Å²) in [4.78, 5) is 19.0. The van der Waals surface area contributed by atoms with Crippen LogP contribution in [-0.2, 0) is 16.1 Å². The highest BCUT2D eigenvalue weighted by Crippen LogP contribution is 2.14. The fraction of sp³-hybridized carbons (Fsp3) is 0.647. The summed E-state index contributed by atoms with van der Waals surface area (Å²) in [7, 11) is 0. The Kier molecular flexibility index (Phi) is 5.65. The number of aromatic nitrogens is 1. The molecule has 1 amide bonds. The molecule has 2 saturated heterocycles. The van der Waals surface area contributed by atoms with Crippen molar-refractivity contribution < 1.29 is 9.53 Å². The number of carbonyl (C=O) groups is 1. The van der Waals surface area contributed by atoms with E-state index in [1.54, 1.807) is 0 Å². The maximum Gasteiger partial charge on any atom is 0.238 e. The topological polar surface area (TPSA) is 78.5 Å². The number of rotatable bonds is 5. The van der Waals surface area contributed by atoms with Crippen molar-refractivity contribution in [3.63, 3.8) is 0 Å². The number of hydrogen-bond donors (Lipinski definition) is 3. The maximum absolute atomic E-state index is 12.2. The second kappa shape index (κ2) is 7.92. The fourth-order valence-corrected chi connectivity index (χ4v) is 3.00. The van der Waals surface area contributed by atoms with Crippen molar-refractivity contribution in [1.29, 1.82) is 0 Å². The van der Waals surface area contributed by atoms with Gasteiger partial charge in [0, 0.05) is 31.9 Å². The molecule has 3 heterocycles. The standard InChI is InChI=1S/C17H27N5O2/c1-12(2)14-9-15(21-20-14)17(23)19-11-13-3-4-16(18-10-13)22-5-7-24-8-6-22/h3-4,10,12,14-15,20-21H,5-9,11H2,1-2H3,(H,19,23). The van der Waals surface area contributed by atoms with E-state index in [-0.39, 0.29) is 11.9 Å². The SMILES string of the molecule is CC(C)C1CC(C(=O)NCc2ccc(N3CCOCC3)nc2)NN1. The van der Waals surface area contributed by atoms with Crippen LogP contribution in [0.3, 0.4) is 0 Å². The lowest BCUT2D eigenvalue weighted by atomic mass is 9.99. The number of ether oxygens (including phenoxy) is 1. The van der Waals surface area contributed by atoms with Crippen LogP contribution in [0, 0.1) is 5.92 Å². The zero-order valence-electron chi connectivity index (χ0n) is 14.4. The lowest BCUT2D eigenvalue weighted by molar-refractivity contribution is -0.123. The van der Waals surface area contributed by atoms with E-state index in [1.165, 1.54) is 0 Å². The van der Waals surface area contributed by atoms with Crippen LogP contribution in [0.25, 0.3) is 0 Å². The number of carbonyl (C=O) groups excluding carboxylic acids is 1. The van der Waals surface area contributed by atoms with Crippen molar-refractivity contribution in [3.05, 3.63) is 23.9 Å². The van der Waals surface area contributed by atoms with Gasteiger partial charge in [0.15, 0.2) is 0 Å². The van der Waals surface area contributed by atoms with Gasteiger partial charge in [0.1, 0.15) is 11.9 Å². The highest BCUT2D eigenvalue weighted by Gasteiger charge is 2.30.